The molecular formula is C52H35NO. The molecule has 54 heavy (non-hydrogen) atoms. The molecule has 0 atom stereocenters. The summed E-state index contributed by atoms with van der Waals surface area (Å²) in [5.41, 5.74) is 14.5. The molecule has 0 amide bonds. The van der Waals surface area contributed by atoms with Crippen LogP contribution in [-0.2, 0) is 0 Å². The summed E-state index contributed by atoms with van der Waals surface area (Å²) in [6, 6.07) is 75.9. The average molecular weight is 690 g/mol. The van der Waals surface area contributed by atoms with Gasteiger partial charge in [0.1, 0.15) is 11.2 Å². The van der Waals surface area contributed by atoms with Gasteiger partial charge >= 0.3 is 0 Å². The van der Waals surface area contributed by atoms with Crippen LogP contribution in [0.3, 0.4) is 0 Å². The average Bonchev–Trinajstić information content (AvgIpc) is 3.63. The molecule has 0 bridgehead atoms. The number of rotatable bonds is 7. The van der Waals surface area contributed by atoms with Gasteiger partial charge < -0.3 is 9.32 Å². The third kappa shape index (κ3) is 5.81. The molecule has 254 valence electrons. The van der Waals surface area contributed by atoms with Gasteiger partial charge in [-0.05, 0) is 116 Å². The Bertz CT molecular complexity index is 2920. The molecule has 0 fully saturated rings. The van der Waals surface area contributed by atoms with E-state index in [0.29, 0.717) is 0 Å². The molecule has 2 nitrogen and oxygen atoms in total. The molecule has 0 saturated heterocycles. The van der Waals surface area contributed by atoms with Gasteiger partial charge in [-0.1, -0.05) is 152 Å². The minimum absolute atomic E-state index is 0.902. The molecule has 0 saturated carbocycles. The Labute approximate surface area is 314 Å². The summed E-state index contributed by atoms with van der Waals surface area (Å²) in [6.07, 6.45) is 0. The first-order chi connectivity index (χ1) is 26.7. The minimum Gasteiger partial charge on any atom is -0.456 e. The van der Waals surface area contributed by atoms with Crippen LogP contribution >= 0.6 is 0 Å². The number of hydrogen-bond donors (Lipinski definition) is 0. The van der Waals surface area contributed by atoms with Crippen LogP contribution in [0.1, 0.15) is 0 Å². The number of benzene rings is 9. The van der Waals surface area contributed by atoms with Gasteiger partial charge in [-0.25, -0.2) is 0 Å². The fourth-order valence-corrected chi connectivity index (χ4v) is 7.76. The summed E-state index contributed by atoms with van der Waals surface area (Å²) in [5.74, 6) is 0. The van der Waals surface area contributed by atoms with E-state index in [1.807, 2.05) is 12.1 Å². The van der Waals surface area contributed by atoms with E-state index in [1.165, 1.54) is 44.2 Å². The SMILES string of the molecule is c1ccc(-c2cccc(-c3ccc(N(c4ccc(-c5ccc6c(c5)oc5ccccc56)cc4)c4cccc(-c5cccc6ccccc56)c4)cc3)c2)cc1. The Morgan fingerprint density at radius 3 is 1.56 bits per heavy atom. The first kappa shape index (κ1) is 31.6. The fourth-order valence-electron chi connectivity index (χ4n) is 7.76. The molecule has 0 spiro atoms. The van der Waals surface area contributed by atoms with Crippen LogP contribution < -0.4 is 4.90 Å². The molecule has 0 aliphatic rings. The van der Waals surface area contributed by atoms with E-state index in [0.717, 1.165) is 50.1 Å². The standard InChI is InChI=1S/C52H35NO/c1-2-11-36(12-3-1)40-15-8-16-41(33-40)37-23-28-44(29-24-37)53(46-18-9-17-43(34-46)48-21-10-14-39-13-4-5-19-47(39)48)45-30-25-38(26-31-45)42-27-32-50-49-20-6-7-22-51(49)54-52(50)35-42/h1-35H. The summed E-state index contributed by atoms with van der Waals surface area (Å²) < 4.78 is 6.23. The van der Waals surface area contributed by atoms with Crippen LogP contribution in [0.25, 0.3) is 77.2 Å². The second kappa shape index (κ2) is 13.4. The lowest BCUT2D eigenvalue weighted by atomic mass is 9.97. The van der Waals surface area contributed by atoms with Crippen molar-refractivity contribution < 1.29 is 4.42 Å². The van der Waals surface area contributed by atoms with Crippen molar-refractivity contribution in [1.29, 1.82) is 0 Å². The maximum atomic E-state index is 6.23. The summed E-state index contributed by atoms with van der Waals surface area (Å²) in [5, 5.41) is 4.77. The van der Waals surface area contributed by atoms with Crippen LogP contribution in [0, 0.1) is 0 Å². The lowest BCUT2D eigenvalue weighted by molar-refractivity contribution is 0.669. The van der Waals surface area contributed by atoms with Crippen LogP contribution in [0.15, 0.2) is 217 Å². The highest BCUT2D eigenvalue weighted by atomic mass is 16.3. The third-order valence-electron chi connectivity index (χ3n) is 10.5. The van der Waals surface area contributed by atoms with Gasteiger partial charge in [0.2, 0.25) is 0 Å². The number of hydrogen-bond acceptors (Lipinski definition) is 2. The number of nitrogens with zero attached hydrogens (tertiary/aromatic N) is 1. The zero-order valence-electron chi connectivity index (χ0n) is 29.6. The number of furan rings is 1. The summed E-state index contributed by atoms with van der Waals surface area (Å²) in [6.45, 7) is 0. The predicted octanol–water partition coefficient (Wildman–Crippen LogP) is 14.9. The Kier molecular flexibility index (Phi) is 7.85. The van der Waals surface area contributed by atoms with E-state index in [1.54, 1.807) is 0 Å². The van der Waals surface area contributed by atoms with Gasteiger partial charge in [-0.15, -0.1) is 0 Å². The van der Waals surface area contributed by atoms with Gasteiger partial charge in [-0.2, -0.15) is 0 Å². The molecule has 0 aliphatic carbocycles. The number of fused-ring (bicyclic) bond motifs is 4. The van der Waals surface area contributed by atoms with Crippen molar-refractivity contribution in [3.63, 3.8) is 0 Å². The van der Waals surface area contributed by atoms with E-state index in [-0.39, 0.29) is 0 Å². The molecule has 1 heterocycles. The van der Waals surface area contributed by atoms with Crippen molar-refractivity contribution in [2.75, 3.05) is 4.90 Å². The second-order valence-corrected chi connectivity index (χ2v) is 13.8. The maximum Gasteiger partial charge on any atom is 0.136 e. The second-order valence-electron chi connectivity index (χ2n) is 13.8. The predicted molar refractivity (Wildman–Crippen MR) is 228 cm³/mol. The minimum atomic E-state index is 0.902. The lowest BCUT2D eigenvalue weighted by Gasteiger charge is -2.26. The van der Waals surface area contributed by atoms with Crippen molar-refractivity contribution in [3.05, 3.63) is 212 Å². The Morgan fingerprint density at radius 2 is 0.796 bits per heavy atom. The molecule has 1 aromatic heterocycles. The van der Waals surface area contributed by atoms with Crippen LogP contribution in [0.4, 0.5) is 17.1 Å². The Balaban J connectivity index is 1.05. The van der Waals surface area contributed by atoms with Crippen molar-refractivity contribution >= 4 is 49.8 Å². The van der Waals surface area contributed by atoms with Gasteiger partial charge in [0.05, 0.1) is 0 Å². The van der Waals surface area contributed by atoms with Gasteiger partial charge in [-0.3, -0.25) is 0 Å². The molecule has 0 aliphatic heterocycles. The van der Waals surface area contributed by atoms with E-state index < -0.39 is 0 Å². The normalized spacial score (nSPS) is 11.3. The van der Waals surface area contributed by atoms with Gasteiger partial charge in [0.25, 0.3) is 0 Å². The summed E-state index contributed by atoms with van der Waals surface area (Å²) in [7, 11) is 0. The summed E-state index contributed by atoms with van der Waals surface area (Å²) >= 11 is 0. The van der Waals surface area contributed by atoms with Gasteiger partial charge in [0, 0.05) is 27.8 Å². The zero-order chi connectivity index (χ0) is 35.8. The first-order valence-corrected chi connectivity index (χ1v) is 18.4. The smallest absolute Gasteiger partial charge is 0.136 e. The maximum absolute atomic E-state index is 6.23. The highest BCUT2D eigenvalue weighted by molar-refractivity contribution is 6.06. The quantitative estimate of drug-likeness (QED) is 0.166. The van der Waals surface area contributed by atoms with Crippen LogP contribution in [0.2, 0.25) is 0 Å². The van der Waals surface area contributed by atoms with Crippen LogP contribution in [-0.4, -0.2) is 0 Å². The van der Waals surface area contributed by atoms with E-state index in [4.69, 9.17) is 4.42 Å². The monoisotopic (exact) mass is 689 g/mol. The molecular weight excluding hydrogens is 655 g/mol. The fraction of sp³-hybridized carbons (Fsp3) is 0. The lowest BCUT2D eigenvalue weighted by Crippen LogP contribution is -2.10. The molecule has 10 rings (SSSR count). The highest BCUT2D eigenvalue weighted by Gasteiger charge is 2.16. The largest absolute Gasteiger partial charge is 0.456 e. The topological polar surface area (TPSA) is 16.4 Å². The summed E-state index contributed by atoms with van der Waals surface area (Å²) in [4.78, 5) is 2.35. The Morgan fingerprint density at radius 1 is 0.278 bits per heavy atom. The molecule has 0 unspecified atom stereocenters. The molecule has 2 heteroatoms. The number of anilines is 3. The van der Waals surface area contributed by atoms with E-state index >= 15 is 0 Å². The van der Waals surface area contributed by atoms with Crippen molar-refractivity contribution in [3.8, 4) is 44.5 Å². The molecule has 9 aromatic carbocycles. The first-order valence-electron chi connectivity index (χ1n) is 18.4. The van der Waals surface area contributed by atoms with E-state index in [9.17, 15) is 0 Å². The van der Waals surface area contributed by atoms with Crippen LogP contribution in [0.5, 0.6) is 0 Å². The molecule has 0 radical (unpaired) electrons. The van der Waals surface area contributed by atoms with Gasteiger partial charge in [0.15, 0.2) is 0 Å². The zero-order valence-corrected chi connectivity index (χ0v) is 29.6. The van der Waals surface area contributed by atoms with Crippen molar-refractivity contribution in [2.24, 2.45) is 0 Å². The highest BCUT2D eigenvalue weighted by Crippen LogP contribution is 2.40. The third-order valence-corrected chi connectivity index (χ3v) is 10.5. The molecule has 10 aromatic rings. The number of para-hydroxylation sites is 1. The Hall–Kier alpha value is -7.16. The van der Waals surface area contributed by atoms with E-state index in [2.05, 4.69) is 205 Å². The van der Waals surface area contributed by atoms with Crippen molar-refractivity contribution in [2.45, 2.75) is 0 Å². The molecule has 0 N–H and O–H groups in total. The van der Waals surface area contributed by atoms with Crippen molar-refractivity contribution in [1.82, 2.24) is 0 Å².